The lowest BCUT2D eigenvalue weighted by Crippen LogP contribution is -2.40. The number of phosphoric ester groups is 1. The van der Waals surface area contributed by atoms with E-state index in [1.807, 2.05) is 0 Å². The van der Waals surface area contributed by atoms with Gasteiger partial charge in [-0.05, 0) is 6.92 Å². The Balaban J connectivity index is 1.74. The topological polar surface area (TPSA) is 294 Å². The molecule has 0 aromatic carbocycles. The van der Waals surface area contributed by atoms with Gasteiger partial charge in [0.15, 0.2) is 17.4 Å². The number of ether oxygens (including phenoxy) is 2. The molecule has 34 heavy (non-hydrogen) atoms. The van der Waals surface area contributed by atoms with E-state index in [0.717, 1.165) is 0 Å². The number of aliphatic hydroxyl groups excluding tert-OH is 1. The van der Waals surface area contributed by atoms with Crippen LogP contribution in [0.2, 0.25) is 0 Å². The van der Waals surface area contributed by atoms with E-state index in [2.05, 4.69) is 28.1 Å². The van der Waals surface area contributed by atoms with Gasteiger partial charge >= 0.3 is 23.5 Å². The third-order valence-corrected chi connectivity index (χ3v) is 8.00. The van der Waals surface area contributed by atoms with E-state index in [-0.39, 0.29) is 29.6 Å². The quantitative estimate of drug-likeness (QED) is 0.170. The number of hydrogen-bond donors (Lipinski definition) is 7. The Morgan fingerprint density at radius 2 is 1.82 bits per heavy atom. The second kappa shape index (κ2) is 9.83. The van der Waals surface area contributed by atoms with Gasteiger partial charge in [-0.25, -0.2) is 18.7 Å². The highest BCUT2D eigenvalue weighted by Gasteiger charge is 2.46. The lowest BCUT2D eigenvalue weighted by Gasteiger charge is -2.19. The first-order chi connectivity index (χ1) is 15.6. The van der Waals surface area contributed by atoms with Crippen molar-refractivity contribution in [3.63, 3.8) is 0 Å². The maximum atomic E-state index is 11.9. The highest BCUT2D eigenvalue weighted by molar-refractivity contribution is 7.66. The average molecular weight is 550 g/mol. The first-order valence-corrected chi connectivity index (χ1v) is 13.6. The Hall–Kier alpha value is -1.56. The first kappa shape index (κ1) is 27.0. The van der Waals surface area contributed by atoms with Gasteiger partial charge in [0, 0.05) is 0 Å². The minimum absolute atomic E-state index is 0.0973. The maximum absolute atomic E-state index is 11.9. The van der Waals surface area contributed by atoms with Gasteiger partial charge in [-0.2, -0.15) is 18.6 Å². The summed E-state index contributed by atoms with van der Waals surface area (Å²) in [5.41, 5.74) is 12.1. The molecule has 19 nitrogen and oxygen atoms in total. The zero-order valence-corrected chi connectivity index (χ0v) is 19.8. The van der Waals surface area contributed by atoms with Crippen molar-refractivity contribution in [2.24, 2.45) is 5.73 Å². The van der Waals surface area contributed by atoms with Crippen molar-refractivity contribution < 1.29 is 61.0 Å². The van der Waals surface area contributed by atoms with Gasteiger partial charge in [0.2, 0.25) is 11.8 Å². The Morgan fingerprint density at radius 1 is 1.15 bits per heavy atom. The summed E-state index contributed by atoms with van der Waals surface area (Å²) >= 11 is 0. The average Bonchev–Trinajstić information content (AvgIpc) is 3.19. The maximum Gasteiger partial charge on any atom is 0.490 e. The van der Waals surface area contributed by atoms with Crippen molar-refractivity contribution in [3.05, 3.63) is 6.33 Å². The summed E-state index contributed by atoms with van der Waals surface area (Å²) in [5, 5.41) is 10.4. The smallest absolute Gasteiger partial charge is 0.476 e. The monoisotopic (exact) mass is 550 g/mol. The number of aliphatic hydroxyl groups is 1. The van der Waals surface area contributed by atoms with Crippen molar-refractivity contribution >= 4 is 40.6 Å². The third kappa shape index (κ3) is 6.35. The van der Waals surface area contributed by atoms with Crippen LogP contribution in [-0.4, -0.2) is 75.7 Å². The van der Waals surface area contributed by atoms with Gasteiger partial charge in [-0.15, -0.1) is 0 Å². The molecule has 0 radical (unpaired) electrons. The van der Waals surface area contributed by atoms with Crippen LogP contribution in [0.5, 0.6) is 5.88 Å². The lowest BCUT2D eigenvalue weighted by molar-refractivity contribution is -0.0428. The predicted molar refractivity (Wildman–Crippen MR) is 109 cm³/mol. The van der Waals surface area contributed by atoms with Crippen molar-refractivity contribution in [2.75, 3.05) is 18.9 Å². The normalized spacial score (nSPS) is 26.9. The second-order valence-corrected chi connectivity index (χ2v) is 11.1. The lowest BCUT2D eigenvalue weighted by atomic mass is 10.1. The number of nitrogens with two attached hydrogens (primary N) is 2. The fraction of sp³-hybridized carbons (Fsp3) is 0.583. The standard InChI is InChI=1S/C12H21N6O13P3/c1-2-27-10-7-9(16-12(14)17-10)18(4-15-7)11-6(13)8(19)5(29-11)3-28-33(23,24)31-34(25,26)30-32(20,21)22/h4-6,8,11,19H,2-3,13H2,1H3,(H,23,24)(H,25,26)(H2,14,16,17)(H2,20,21,22). The van der Waals surface area contributed by atoms with E-state index < -0.39 is 54.6 Å². The molecule has 0 saturated carbocycles. The van der Waals surface area contributed by atoms with E-state index in [1.54, 1.807) is 6.92 Å². The molecule has 6 atom stereocenters. The number of nitrogens with zero attached hydrogens (tertiary/aromatic N) is 4. The zero-order chi connectivity index (χ0) is 25.5. The van der Waals surface area contributed by atoms with Crippen LogP contribution in [0.25, 0.3) is 11.2 Å². The number of rotatable bonds is 10. The van der Waals surface area contributed by atoms with Gasteiger partial charge in [-0.3, -0.25) is 9.09 Å². The number of aromatic nitrogens is 4. The number of hydrogen-bond acceptors (Lipinski definition) is 14. The molecule has 0 bridgehead atoms. The summed E-state index contributed by atoms with van der Waals surface area (Å²) in [4.78, 5) is 48.0. The highest BCUT2D eigenvalue weighted by Crippen LogP contribution is 2.66. The Labute approximate surface area is 190 Å². The Morgan fingerprint density at radius 3 is 2.44 bits per heavy atom. The molecule has 1 aliphatic heterocycles. The molecule has 9 N–H and O–H groups in total. The van der Waals surface area contributed by atoms with Crippen molar-refractivity contribution in [1.82, 2.24) is 19.5 Å². The predicted octanol–water partition coefficient (Wildman–Crippen LogP) is -1.26. The highest BCUT2D eigenvalue weighted by atomic mass is 31.3. The SMILES string of the molecule is CCOc1nc(N)nc2c1ncn2C1OC(COP(=O)(O)OP(=O)(O)OP(=O)(O)O)C(O)C1N. The molecule has 192 valence electrons. The van der Waals surface area contributed by atoms with E-state index in [9.17, 15) is 28.6 Å². The van der Waals surface area contributed by atoms with Gasteiger partial charge in [-0.1, -0.05) is 0 Å². The number of anilines is 1. The summed E-state index contributed by atoms with van der Waals surface area (Å²) in [6.07, 6.45) is -2.71. The first-order valence-electron chi connectivity index (χ1n) is 9.13. The summed E-state index contributed by atoms with van der Waals surface area (Å²) in [5.74, 6) is -0.0471. The molecule has 6 unspecified atom stereocenters. The molecule has 22 heteroatoms. The summed E-state index contributed by atoms with van der Waals surface area (Å²) in [6.45, 7) is 1.08. The molecule has 2 aromatic heterocycles. The molecule has 3 rings (SSSR count). The molecule has 1 saturated heterocycles. The molecule has 1 aliphatic rings. The van der Waals surface area contributed by atoms with Crippen molar-refractivity contribution in [1.29, 1.82) is 0 Å². The molecule has 3 heterocycles. The van der Waals surface area contributed by atoms with Crippen molar-refractivity contribution in [2.45, 2.75) is 31.4 Å². The summed E-state index contributed by atoms with van der Waals surface area (Å²) in [6, 6.07) is -1.14. The molecule has 0 aliphatic carbocycles. The van der Waals surface area contributed by atoms with Crippen molar-refractivity contribution in [3.8, 4) is 5.88 Å². The number of imidazole rings is 1. The van der Waals surface area contributed by atoms with Crippen LogP contribution in [0.4, 0.5) is 5.95 Å². The fourth-order valence-electron chi connectivity index (χ4n) is 2.96. The Bertz CT molecular complexity index is 1190. The zero-order valence-electron chi connectivity index (χ0n) is 17.1. The fourth-order valence-corrected chi connectivity index (χ4v) is 5.99. The molecular weight excluding hydrogens is 529 g/mol. The number of nitrogen functional groups attached to an aromatic ring is 1. The molecule has 0 amide bonds. The van der Waals surface area contributed by atoms with Crippen LogP contribution in [0, 0.1) is 0 Å². The van der Waals surface area contributed by atoms with E-state index in [1.165, 1.54) is 10.9 Å². The van der Waals surface area contributed by atoms with E-state index in [4.69, 9.17) is 30.7 Å². The van der Waals surface area contributed by atoms with E-state index >= 15 is 0 Å². The van der Waals surface area contributed by atoms with Crippen LogP contribution >= 0.6 is 23.5 Å². The minimum Gasteiger partial charge on any atom is -0.476 e. The van der Waals surface area contributed by atoms with Crippen LogP contribution in [0.3, 0.4) is 0 Å². The van der Waals surface area contributed by atoms with Crippen LogP contribution < -0.4 is 16.2 Å². The van der Waals surface area contributed by atoms with Gasteiger partial charge in [0.05, 0.1) is 25.6 Å². The molecule has 0 spiro atoms. The third-order valence-electron chi connectivity index (χ3n) is 4.20. The van der Waals surface area contributed by atoms with Gasteiger partial charge < -0.3 is 45.6 Å². The Kier molecular flexibility index (Phi) is 7.82. The summed E-state index contributed by atoms with van der Waals surface area (Å²) < 4.78 is 58.0. The molecular formula is C12H21N6O13P3. The van der Waals surface area contributed by atoms with E-state index in [0.29, 0.717) is 0 Å². The van der Waals surface area contributed by atoms with Crippen LogP contribution in [0.15, 0.2) is 6.33 Å². The largest absolute Gasteiger partial charge is 0.490 e. The number of phosphoric acid groups is 3. The molecule has 2 aromatic rings. The minimum atomic E-state index is -5.70. The van der Waals surface area contributed by atoms with Crippen LogP contribution in [-0.2, 0) is 31.6 Å². The van der Waals surface area contributed by atoms with Gasteiger partial charge in [0.1, 0.15) is 12.2 Å². The molecule has 1 fully saturated rings. The number of fused-ring (bicyclic) bond motifs is 1. The van der Waals surface area contributed by atoms with Crippen LogP contribution in [0.1, 0.15) is 13.2 Å². The second-order valence-electron chi connectivity index (χ2n) is 6.66. The summed E-state index contributed by atoms with van der Waals surface area (Å²) in [7, 11) is -16.7. The van der Waals surface area contributed by atoms with Gasteiger partial charge in [0.25, 0.3) is 0 Å².